The third kappa shape index (κ3) is 3.42. The Bertz CT molecular complexity index is 667. The van der Waals surface area contributed by atoms with Gasteiger partial charge in [-0.15, -0.1) is 23.4 Å². The van der Waals surface area contributed by atoms with Crippen molar-refractivity contribution in [3.05, 3.63) is 11.9 Å². The van der Waals surface area contributed by atoms with Crippen molar-refractivity contribution in [2.75, 3.05) is 31.1 Å². The molecule has 0 bridgehead atoms. The normalized spacial score (nSPS) is 21.8. The predicted molar refractivity (Wildman–Crippen MR) is 78.4 cm³/mol. The first-order valence-electron chi connectivity index (χ1n) is 7.67. The molecule has 1 unspecified atom stereocenters. The van der Waals surface area contributed by atoms with Crippen molar-refractivity contribution in [2.45, 2.75) is 25.2 Å². The molecule has 0 saturated carbocycles. The Morgan fingerprint density at radius 2 is 2.00 bits per heavy atom. The Labute approximate surface area is 140 Å². The van der Waals surface area contributed by atoms with Gasteiger partial charge in [0.15, 0.2) is 5.69 Å². The highest BCUT2D eigenvalue weighted by atomic mass is 19.4. The van der Waals surface area contributed by atoms with Gasteiger partial charge in [-0.2, -0.15) is 0 Å². The van der Waals surface area contributed by atoms with Crippen molar-refractivity contribution < 1.29 is 22.8 Å². The van der Waals surface area contributed by atoms with Crippen LogP contribution >= 0.6 is 0 Å². The highest BCUT2D eigenvalue weighted by Gasteiger charge is 2.48. The number of urea groups is 1. The summed E-state index contributed by atoms with van der Waals surface area (Å²) >= 11 is 0. The second kappa shape index (κ2) is 6.33. The lowest BCUT2D eigenvalue weighted by atomic mass is 10.0. The van der Waals surface area contributed by atoms with E-state index in [4.69, 9.17) is 5.73 Å². The summed E-state index contributed by atoms with van der Waals surface area (Å²) in [6.45, 7) is 0.537. The monoisotopic (exact) mass is 359 g/mol. The van der Waals surface area contributed by atoms with Gasteiger partial charge in [0.05, 0.1) is 12.2 Å². The van der Waals surface area contributed by atoms with Gasteiger partial charge in [0.25, 0.3) is 5.91 Å². The van der Waals surface area contributed by atoms with Crippen LogP contribution < -0.4 is 10.6 Å². The number of nitrogens with two attached hydrogens (primary N) is 1. The third-order valence-electron chi connectivity index (χ3n) is 4.27. The number of primary amides is 1. The van der Waals surface area contributed by atoms with Crippen molar-refractivity contribution in [1.29, 1.82) is 0 Å². The van der Waals surface area contributed by atoms with E-state index < -0.39 is 18.2 Å². The number of amides is 3. The summed E-state index contributed by atoms with van der Waals surface area (Å²) in [5.74, 6) is -0.507. The summed E-state index contributed by atoms with van der Waals surface area (Å²) in [4.78, 5) is 29.9. The van der Waals surface area contributed by atoms with E-state index in [1.807, 2.05) is 0 Å². The van der Waals surface area contributed by atoms with Gasteiger partial charge in [-0.05, 0) is 12.8 Å². The van der Waals surface area contributed by atoms with Gasteiger partial charge >= 0.3 is 12.3 Å². The minimum Gasteiger partial charge on any atom is -0.364 e. The maximum absolute atomic E-state index is 12.8. The highest BCUT2D eigenvalue weighted by Crippen LogP contribution is 2.29. The minimum absolute atomic E-state index is 0.0244. The van der Waals surface area contributed by atoms with Crippen LogP contribution in [0, 0.1) is 0 Å². The summed E-state index contributed by atoms with van der Waals surface area (Å²) < 4.78 is 38.4. The SMILES string of the molecule is NC(=O)c1cnc(N2CCCC(N3CCN(C(F)(F)F)C3=O)C2)nn1. The molecule has 0 aromatic carbocycles. The molecule has 3 heterocycles. The van der Waals surface area contributed by atoms with Gasteiger partial charge in [0.2, 0.25) is 5.95 Å². The van der Waals surface area contributed by atoms with E-state index in [9.17, 15) is 22.8 Å². The van der Waals surface area contributed by atoms with Gasteiger partial charge in [-0.1, -0.05) is 0 Å². The maximum atomic E-state index is 12.8. The first-order valence-corrected chi connectivity index (χ1v) is 7.67. The summed E-state index contributed by atoms with van der Waals surface area (Å²) in [5, 5.41) is 7.50. The number of halogens is 3. The lowest BCUT2D eigenvalue weighted by Gasteiger charge is -2.37. The lowest BCUT2D eigenvalue weighted by Crippen LogP contribution is -2.51. The number of carbonyl (C=O) groups is 2. The van der Waals surface area contributed by atoms with Crippen molar-refractivity contribution in [3.63, 3.8) is 0 Å². The molecule has 25 heavy (non-hydrogen) atoms. The number of hydrogen-bond donors (Lipinski definition) is 1. The predicted octanol–water partition coefficient (Wildman–Crippen LogP) is 0.197. The zero-order valence-electron chi connectivity index (χ0n) is 13.1. The molecule has 0 radical (unpaired) electrons. The molecule has 2 N–H and O–H groups in total. The van der Waals surface area contributed by atoms with Gasteiger partial charge in [0, 0.05) is 26.2 Å². The molecular weight excluding hydrogens is 343 g/mol. The Balaban J connectivity index is 1.69. The van der Waals surface area contributed by atoms with E-state index in [0.717, 1.165) is 0 Å². The number of rotatable bonds is 3. The average molecular weight is 359 g/mol. The van der Waals surface area contributed by atoms with Gasteiger partial charge in [-0.25, -0.2) is 14.7 Å². The second-order valence-corrected chi connectivity index (χ2v) is 5.85. The number of hydrogen-bond acceptors (Lipinski definition) is 6. The molecule has 1 aromatic rings. The summed E-state index contributed by atoms with van der Waals surface area (Å²) in [5.41, 5.74) is 5.00. The Kier molecular flexibility index (Phi) is 4.35. The Morgan fingerprint density at radius 3 is 2.56 bits per heavy atom. The molecule has 2 aliphatic rings. The zero-order chi connectivity index (χ0) is 18.2. The molecule has 3 amide bonds. The molecule has 2 saturated heterocycles. The molecule has 3 rings (SSSR count). The maximum Gasteiger partial charge on any atom is 0.488 e. The van der Waals surface area contributed by atoms with Crippen molar-refractivity contribution in [2.24, 2.45) is 5.73 Å². The fourth-order valence-electron chi connectivity index (χ4n) is 3.05. The zero-order valence-corrected chi connectivity index (χ0v) is 13.1. The fraction of sp³-hybridized carbons (Fsp3) is 0.615. The van der Waals surface area contributed by atoms with Crippen LogP contribution in [0.25, 0.3) is 0 Å². The summed E-state index contributed by atoms with van der Waals surface area (Å²) in [7, 11) is 0. The van der Waals surface area contributed by atoms with E-state index in [0.29, 0.717) is 25.9 Å². The molecule has 1 atom stereocenters. The molecule has 0 spiro atoms. The molecule has 1 aromatic heterocycles. The number of carbonyl (C=O) groups excluding carboxylic acids is 2. The van der Waals surface area contributed by atoms with Gasteiger partial charge in [-0.3, -0.25) is 4.79 Å². The number of aromatic nitrogens is 3. The third-order valence-corrected chi connectivity index (χ3v) is 4.27. The van der Waals surface area contributed by atoms with Crippen LogP contribution in [0.2, 0.25) is 0 Å². The van der Waals surface area contributed by atoms with Crippen LogP contribution in [0.1, 0.15) is 23.3 Å². The largest absolute Gasteiger partial charge is 0.488 e. The van der Waals surface area contributed by atoms with E-state index in [2.05, 4.69) is 15.2 Å². The molecule has 9 nitrogen and oxygen atoms in total. The minimum atomic E-state index is -4.67. The number of nitrogens with zero attached hydrogens (tertiary/aromatic N) is 6. The first kappa shape index (κ1) is 17.2. The van der Waals surface area contributed by atoms with E-state index >= 15 is 0 Å². The number of alkyl halides is 3. The number of piperidine rings is 1. The lowest BCUT2D eigenvalue weighted by molar-refractivity contribution is -0.218. The Morgan fingerprint density at radius 1 is 1.24 bits per heavy atom. The molecule has 136 valence electrons. The Hall–Kier alpha value is -2.66. The first-order chi connectivity index (χ1) is 11.8. The van der Waals surface area contributed by atoms with Crippen LogP contribution in [-0.4, -0.2) is 75.4 Å². The standard InChI is InChI=1S/C13H16F3N7O2/c14-13(15,16)23-5-4-22(12(23)25)8-2-1-3-21(7-8)11-18-6-9(10(17)24)19-20-11/h6,8H,1-5,7H2,(H2,17,24). The van der Waals surface area contributed by atoms with Crippen LogP contribution in [0.5, 0.6) is 0 Å². The van der Waals surface area contributed by atoms with Crippen LogP contribution in [0.15, 0.2) is 6.20 Å². The second-order valence-electron chi connectivity index (χ2n) is 5.85. The molecular formula is C13H16F3N7O2. The van der Waals surface area contributed by atoms with Crippen LogP contribution in [-0.2, 0) is 0 Å². The molecule has 12 heteroatoms. The van der Waals surface area contributed by atoms with Crippen molar-refractivity contribution in [3.8, 4) is 0 Å². The number of anilines is 1. The summed E-state index contributed by atoms with van der Waals surface area (Å²) in [6.07, 6.45) is -2.21. The molecule has 2 fully saturated rings. The highest BCUT2D eigenvalue weighted by molar-refractivity contribution is 5.90. The van der Waals surface area contributed by atoms with Crippen LogP contribution in [0.4, 0.5) is 23.9 Å². The van der Waals surface area contributed by atoms with E-state index in [-0.39, 0.29) is 35.7 Å². The quantitative estimate of drug-likeness (QED) is 0.772. The molecule has 2 aliphatic heterocycles. The smallest absolute Gasteiger partial charge is 0.364 e. The fourth-order valence-corrected chi connectivity index (χ4v) is 3.05. The summed E-state index contributed by atoms with van der Waals surface area (Å²) in [6, 6.07) is -1.39. The van der Waals surface area contributed by atoms with Crippen molar-refractivity contribution in [1.82, 2.24) is 25.0 Å². The van der Waals surface area contributed by atoms with Gasteiger partial charge in [0.1, 0.15) is 0 Å². The van der Waals surface area contributed by atoms with E-state index in [1.54, 1.807) is 4.90 Å². The average Bonchev–Trinajstić information content (AvgIpc) is 2.97. The van der Waals surface area contributed by atoms with Gasteiger partial charge < -0.3 is 15.5 Å². The van der Waals surface area contributed by atoms with E-state index in [1.165, 1.54) is 11.1 Å². The topological polar surface area (TPSA) is 109 Å². The molecule has 0 aliphatic carbocycles. The van der Waals surface area contributed by atoms with Crippen molar-refractivity contribution >= 4 is 17.9 Å². The van der Waals surface area contributed by atoms with Crippen LogP contribution in [0.3, 0.4) is 0 Å².